The first-order chi connectivity index (χ1) is 38.7. The molecule has 4 nitrogen and oxygen atoms in total. The zero-order valence-electron chi connectivity index (χ0n) is 42.0. The highest BCUT2D eigenvalue weighted by Crippen LogP contribution is 2.52. The summed E-state index contributed by atoms with van der Waals surface area (Å²) in [5.41, 5.74) is 19.5. The zero-order valence-corrected chi connectivity index (χ0v) is 42.0. The summed E-state index contributed by atoms with van der Waals surface area (Å²) in [6.07, 6.45) is 0. The fourth-order valence-corrected chi connectivity index (χ4v) is 14.7. The van der Waals surface area contributed by atoms with E-state index in [1.807, 2.05) is 0 Å². The van der Waals surface area contributed by atoms with Crippen LogP contribution in [0.3, 0.4) is 0 Å². The van der Waals surface area contributed by atoms with Crippen LogP contribution in [-0.2, 0) is 0 Å². The van der Waals surface area contributed by atoms with Gasteiger partial charge in [-0.2, -0.15) is 0 Å². The molecule has 0 aliphatic heterocycles. The first-order valence-electron chi connectivity index (χ1n) is 27.1. The Balaban J connectivity index is 0.935. The Morgan fingerprint density at radius 1 is 0.205 bits per heavy atom. The van der Waals surface area contributed by atoms with E-state index < -0.39 is 0 Å². The Hall–Kier alpha value is -10.4. The van der Waals surface area contributed by atoms with Crippen LogP contribution >= 0.6 is 0 Å². The van der Waals surface area contributed by atoms with E-state index in [2.05, 4.69) is 273 Å². The lowest BCUT2D eigenvalue weighted by molar-refractivity contribution is 1.18. The Kier molecular flexibility index (Phi) is 7.71. The molecule has 19 aromatic rings. The van der Waals surface area contributed by atoms with Gasteiger partial charge in [-0.25, -0.2) is 0 Å². The minimum atomic E-state index is 1.16. The second-order valence-corrected chi connectivity index (χ2v) is 21.5. The predicted molar refractivity (Wildman–Crippen MR) is 330 cm³/mol. The van der Waals surface area contributed by atoms with Crippen molar-refractivity contribution in [3.63, 3.8) is 0 Å². The maximum absolute atomic E-state index is 2.63. The molecule has 19 rings (SSSR count). The minimum Gasteiger partial charge on any atom is -0.309 e. The van der Waals surface area contributed by atoms with Crippen LogP contribution in [0.4, 0.5) is 0 Å². The summed E-state index contributed by atoms with van der Waals surface area (Å²) >= 11 is 0. The summed E-state index contributed by atoms with van der Waals surface area (Å²) in [5.74, 6) is 0. The van der Waals surface area contributed by atoms with Crippen molar-refractivity contribution < 1.29 is 0 Å². The number of para-hydroxylation sites is 6. The van der Waals surface area contributed by atoms with E-state index in [1.54, 1.807) is 0 Å². The van der Waals surface area contributed by atoms with Crippen molar-refractivity contribution in [2.45, 2.75) is 0 Å². The van der Waals surface area contributed by atoms with Crippen molar-refractivity contribution >= 4 is 141 Å². The molecule has 0 bridgehead atoms. The lowest BCUT2D eigenvalue weighted by atomic mass is 9.95. The van der Waals surface area contributed by atoms with Gasteiger partial charge in [0.1, 0.15) is 0 Å². The SMILES string of the molecule is c1ccc(-n2c3ccccc3c3cc(-c4cccc5c6c7ccccc7cc7c8c9c%10cc%11ccccc%11c%11c%12cccc(-c%13ccc%14c(c%13)c%13ccccc%13n%14-c%13ccccc%13)c%12n(c9ccc8n(c45)c76)c%10%11)ccc32)cc1. The molecule has 0 saturated carbocycles. The monoisotopic (exact) mass is 986 g/mol. The number of rotatable bonds is 4. The van der Waals surface area contributed by atoms with Gasteiger partial charge in [0.25, 0.3) is 0 Å². The third-order valence-corrected chi connectivity index (χ3v) is 17.7. The first-order valence-corrected chi connectivity index (χ1v) is 27.1. The first kappa shape index (κ1) is 40.9. The van der Waals surface area contributed by atoms with Gasteiger partial charge in [-0.1, -0.05) is 170 Å². The Labute approximate surface area is 445 Å². The van der Waals surface area contributed by atoms with Crippen molar-refractivity contribution in [3.05, 3.63) is 255 Å². The Morgan fingerprint density at radius 3 is 1.04 bits per heavy atom. The van der Waals surface area contributed by atoms with Gasteiger partial charge in [-0.3, -0.25) is 0 Å². The van der Waals surface area contributed by atoms with E-state index >= 15 is 0 Å². The number of hydrogen-bond donors (Lipinski definition) is 0. The van der Waals surface area contributed by atoms with E-state index in [0.717, 1.165) is 11.4 Å². The molecule has 0 saturated heterocycles. The van der Waals surface area contributed by atoms with Crippen LogP contribution in [0.25, 0.3) is 175 Å². The molecule has 0 aliphatic carbocycles. The van der Waals surface area contributed by atoms with Crippen molar-refractivity contribution in [1.29, 1.82) is 0 Å². The molecular formula is C74H42N4. The van der Waals surface area contributed by atoms with E-state index in [9.17, 15) is 0 Å². The lowest BCUT2D eigenvalue weighted by Gasteiger charge is -2.10. The molecule has 0 radical (unpaired) electrons. The van der Waals surface area contributed by atoms with Crippen molar-refractivity contribution in [2.75, 3.05) is 0 Å². The van der Waals surface area contributed by atoms with Crippen LogP contribution in [-0.4, -0.2) is 17.9 Å². The molecule has 0 atom stereocenters. The average Bonchev–Trinajstić information content (AvgIpc) is 3.41. The molecule has 0 aliphatic rings. The highest BCUT2D eigenvalue weighted by Gasteiger charge is 2.29. The van der Waals surface area contributed by atoms with Crippen LogP contribution in [0.2, 0.25) is 0 Å². The summed E-state index contributed by atoms with van der Waals surface area (Å²) < 4.78 is 10.1. The number of aromatic nitrogens is 4. The van der Waals surface area contributed by atoms with Crippen LogP contribution in [0.5, 0.6) is 0 Å². The summed E-state index contributed by atoms with van der Waals surface area (Å²) in [6.45, 7) is 0. The molecule has 6 heterocycles. The molecule has 78 heavy (non-hydrogen) atoms. The van der Waals surface area contributed by atoms with Gasteiger partial charge in [0.2, 0.25) is 0 Å². The van der Waals surface area contributed by atoms with Crippen molar-refractivity contribution in [2.24, 2.45) is 0 Å². The van der Waals surface area contributed by atoms with Gasteiger partial charge >= 0.3 is 0 Å². The van der Waals surface area contributed by atoms with E-state index in [-0.39, 0.29) is 0 Å². The summed E-state index contributed by atoms with van der Waals surface area (Å²) in [5, 5.41) is 20.4. The fourth-order valence-electron chi connectivity index (χ4n) is 14.7. The number of hydrogen-bond acceptors (Lipinski definition) is 0. The normalized spacial score (nSPS) is 12.6. The van der Waals surface area contributed by atoms with Crippen LogP contribution < -0.4 is 0 Å². The third-order valence-electron chi connectivity index (χ3n) is 17.7. The maximum Gasteiger partial charge on any atom is 0.0627 e. The van der Waals surface area contributed by atoms with Gasteiger partial charge in [-0.05, 0) is 118 Å². The van der Waals surface area contributed by atoms with Gasteiger partial charge < -0.3 is 17.9 Å². The molecule has 0 amide bonds. The smallest absolute Gasteiger partial charge is 0.0627 e. The van der Waals surface area contributed by atoms with Crippen molar-refractivity contribution in [3.8, 4) is 33.6 Å². The quantitative estimate of drug-likeness (QED) is 0.167. The molecule has 0 fully saturated rings. The fraction of sp³-hybridized carbons (Fsp3) is 0. The largest absolute Gasteiger partial charge is 0.309 e. The number of benzene rings is 13. The number of nitrogens with zero attached hydrogens (tertiary/aromatic N) is 4. The molecule has 0 unspecified atom stereocenters. The second kappa shape index (κ2) is 14.7. The van der Waals surface area contributed by atoms with E-state index in [1.165, 1.54) is 164 Å². The number of fused-ring (bicyclic) bond motifs is 23. The van der Waals surface area contributed by atoms with Crippen LogP contribution in [0.15, 0.2) is 255 Å². The topological polar surface area (TPSA) is 18.7 Å². The Morgan fingerprint density at radius 2 is 0.577 bits per heavy atom. The van der Waals surface area contributed by atoms with Crippen LogP contribution in [0.1, 0.15) is 0 Å². The van der Waals surface area contributed by atoms with E-state index in [4.69, 9.17) is 0 Å². The molecule has 358 valence electrons. The zero-order chi connectivity index (χ0) is 50.5. The highest BCUT2D eigenvalue weighted by atomic mass is 15.0. The highest BCUT2D eigenvalue weighted by molar-refractivity contribution is 6.41. The summed E-state index contributed by atoms with van der Waals surface area (Å²) in [7, 11) is 0. The summed E-state index contributed by atoms with van der Waals surface area (Å²) in [6, 6.07) is 95.3. The molecule has 6 aromatic heterocycles. The average molecular weight is 987 g/mol. The van der Waals surface area contributed by atoms with E-state index in [0.29, 0.717) is 0 Å². The molecule has 4 heteroatoms. The maximum atomic E-state index is 2.63. The van der Waals surface area contributed by atoms with Crippen molar-refractivity contribution in [1.82, 2.24) is 17.9 Å². The molecular weight excluding hydrogens is 945 g/mol. The molecule has 0 N–H and O–H groups in total. The van der Waals surface area contributed by atoms with Crippen LogP contribution in [0, 0.1) is 0 Å². The van der Waals surface area contributed by atoms with Gasteiger partial charge in [0.15, 0.2) is 0 Å². The standard InChI is InChI=1S/C74H42N4/c1-3-19-47(20-4-1)75-61-31-13-11-25-53(61)57-39-45(33-35-63(57)75)51-27-15-29-55-67-49-23-9-7-17-43(49)41-59-69-65(77(71(51)55)73(59)67)37-38-66-70(69)60-42-44-18-8-10-24-50(44)68-56-30-16-28-52(72(56)78(66)74(60)68)46-34-36-64-58(40-46)54-26-12-14-32-62(54)76(64)48-21-5-2-6-22-48/h1-42H. The lowest BCUT2D eigenvalue weighted by Crippen LogP contribution is -1.93. The molecule has 0 spiro atoms. The van der Waals surface area contributed by atoms with Gasteiger partial charge in [-0.15, -0.1) is 0 Å². The minimum absolute atomic E-state index is 1.16. The summed E-state index contributed by atoms with van der Waals surface area (Å²) in [4.78, 5) is 0. The van der Waals surface area contributed by atoms with Gasteiger partial charge in [0.05, 0.1) is 55.2 Å². The predicted octanol–water partition coefficient (Wildman–Crippen LogP) is 19.8. The van der Waals surface area contributed by atoms with Gasteiger partial charge in [0, 0.05) is 87.1 Å². The second-order valence-electron chi connectivity index (χ2n) is 21.5. The Bertz CT molecular complexity index is 5430. The molecule has 13 aromatic carbocycles. The third kappa shape index (κ3) is 5.06.